The summed E-state index contributed by atoms with van der Waals surface area (Å²) in [5.74, 6) is 0.683. The molecule has 2 aromatic rings. The highest BCUT2D eigenvalue weighted by Crippen LogP contribution is 2.25. The fraction of sp³-hybridized carbons (Fsp3) is 0.286. The largest absolute Gasteiger partial charge is 0.489 e. The van der Waals surface area contributed by atoms with Crippen LogP contribution in [0.2, 0.25) is 0 Å². The zero-order valence-electron chi connectivity index (χ0n) is 11.2. The summed E-state index contributed by atoms with van der Waals surface area (Å²) in [6.45, 7) is 3.81. The Morgan fingerprint density at radius 3 is 2.90 bits per heavy atom. The number of hydrogen-bond donors (Lipinski definition) is 1. The van der Waals surface area contributed by atoms with E-state index in [0.29, 0.717) is 18.9 Å². The van der Waals surface area contributed by atoms with Crippen molar-refractivity contribution in [2.75, 3.05) is 6.54 Å². The van der Waals surface area contributed by atoms with E-state index in [2.05, 4.69) is 5.32 Å². The summed E-state index contributed by atoms with van der Waals surface area (Å²) in [7, 11) is 0. The SMILES string of the molecule is CCNCc1cc([N+](=O)[O-])ccc1OCc1ccsc1. The standard InChI is InChI=1S/C14H16N2O3S/c1-2-15-8-12-7-13(16(17)18)3-4-14(12)19-9-11-5-6-20-10-11/h3-7,10,15H,2,8-9H2,1H3. The van der Waals surface area contributed by atoms with E-state index in [0.717, 1.165) is 17.7 Å². The summed E-state index contributed by atoms with van der Waals surface area (Å²) >= 11 is 1.62. The number of nitro benzene ring substituents is 1. The Morgan fingerprint density at radius 1 is 1.40 bits per heavy atom. The Balaban J connectivity index is 2.14. The van der Waals surface area contributed by atoms with Crippen LogP contribution in [0.1, 0.15) is 18.1 Å². The Kier molecular flexibility index (Phi) is 5.09. The number of ether oxygens (including phenoxy) is 1. The van der Waals surface area contributed by atoms with Gasteiger partial charge in [-0.3, -0.25) is 10.1 Å². The van der Waals surface area contributed by atoms with Crippen molar-refractivity contribution in [2.45, 2.75) is 20.1 Å². The highest BCUT2D eigenvalue weighted by Gasteiger charge is 2.11. The molecule has 0 fully saturated rings. The van der Waals surface area contributed by atoms with Gasteiger partial charge in [-0.1, -0.05) is 6.92 Å². The molecule has 1 aromatic carbocycles. The van der Waals surface area contributed by atoms with Crippen LogP contribution in [0.15, 0.2) is 35.0 Å². The molecule has 1 aromatic heterocycles. The second-order valence-corrected chi connectivity index (χ2v) is 5.03. The van der Waals surface area contributed by atoms with Crippen molar-refractivity contribution >= 4 is 17.0 Å². The van der Waals surface area contributed by atoms with Gasteiger partial charge < -0.3 is 10.1 Å². The number of nitro groups is 1. The van der Waals surface area contributed by atoms with E-state index >= 15 is 0 Å². The Labute approximate surface area is 121 Å². The molecule has 0 unspecified atom stereocenters. The lowest BCUT2D eigenvalue weighted by Gasteiger charge is -2.11. The third-order valence-corrected chi connectivity index (χ3v) is 3.53. The van der Waals surface area contributed by atoms with E-state index in [4.69, 9.17) is 4.74 Å². The third-order valence-electron chi connectivity index (χ3n) is 2.79. The molecule has 0 saturated carbocycles. The zero-order chi connectivity index (χ0) is 14.4. The minimum Gasteiger partial charge on any atom is -0.489 e. The van der Waals surface area contributed by atoms with Crippen LogP contribution in [0.5, 0.6) is 5.75 Å². The molecule has 5 nitrogen and oxygen atoms in total. The van der Waals surface area contributed by atoms with Crippen molar-refractivity contribution < 1.29 is 9.66 Å². The second-order valence-electron chi connectivity index (χ2n) is 4.25. The average Bonchev–Trinajstić information content (AvgIpc) is 2.96. The van der Waals surface area contributed by atoms with Crippen LogP contribution < -0.4 is 10.1 Å². The van der Waals surface area contributed by atoms with E-state index in [1.54, 1.807) is 23.5 Å². The first-order chi connectivity index (χ1) is 9.70. The van der Waals surface area contributed by atoms with Gasteiger partial charge in [-0.05, 0) is 35.0 Å². The van der Waals surface area contributed by atoms with Crippen LogP contribution in [0.25, 0.3) is 0 Å². The van der Waals surface area contributed by atoms with Gasteiger partial charge in [0.05, 0.1) is 4.92 Å². The molecule has 6 heteroatoms. The predicted octanol–water partition coefficient (Wildman–Crippen LogP) is 3.34. The van der Waals surface area contributed by atoms with Crippen molar-refractivity contribution in [3.8, 4) is 5.75 Å². The average molecular weight is 292 g/mol. The molecule has 0 radical (unpaired) electrons. The van der Waals surface area contributed by atoms with E-state index in [-0.39, 0.29) is 5.69 Å². The molecule has 0 spiro atoms. The topological polar surface area (TPSA) is 64.4 Å². The van der Waals surface area contributed by atoms with E-state index < -0.39 is 4.92 Å². The molecule has 0 atom stereocenters. The van der Waals surface area contributed by atoms with Crippen LogP contribution in [0, 0.1) is 10.1 Å². The van der Waals surface area contributed by atoms with Crippen molar-refractivity contribution in [1.82, 2.24) is 5.32 Å². The molecule has 2 rings (SSSR count). The smallest absolute Gasteiger partial charge is 0.270 e. The van der Waals surface area contributed by atoms with Crippen LogP contribution in [-0.2, 0) is 13.2 Å². The maximum Gasteiger partial charge on any atom is 0.270 e. The van der Waals surface area contributed by atoms with Gasteiger partial charge in [0.25, 0.3) is 5.69 Å². The number of non-ortho nitro benzene ring substituents is 1. The van der Waals surface area contributed by atoms with Crippen LogP contribution in [-0.4, -0.2) is 11.5 Å². The number of benzene rings is 1. The molecule has 0 saturated heterocycles. The van der Waals surface area contributed by atoms with Gasteiger partial charge in [0, 0.05) is 24.2 Å². The first kappa shape index (κ1) is 14.5. The van der Waals surface area contributed by atoms with Crippen molar-refractivity contribution in [2.24, 2.45) is 0 Å². The van der Waals surface area contributed by atoms with Crippen molar-refractivity contribution in [1.29, 1.82) is 0 Å². The highest BCUT2D eigenvalue weighted by atomic mass is 32.1. The lowest BCUT2D eigenvalue weighted by atomic mass is 10.1. The van der Waals surface area contributed by atoms with Gasteiger partial charge in [0.1, 0.15) is 12.4 Å². The predicted molar refractivity (Wildman–Crippen MR) is 79.1 cm³/mol. The zero-order valence-corrected chi connectivity index (χ0v) is 12.0. The molecule has 0 aliphatic carbocycles. The van der Waals surface area contributed by atoms with Gasteiger partial charge in [-0.25, -0.2) is 0 Å². The molecule has 1 heterocycles. The summed E-state index contributed by atoms with van der Waals surface area (Å²) in [5, 5.41) is 18.0. The maximum atomic E-state index is 10.8. The summed E-state index contributed by atoms with van der Waals surface area (Å²) in [5.41, 5.74) is 1.99. The fourth-order valence-corrected chi connectivity index (χ4v) is 2.41. The highest BCUT2D eigenvalue weighted by molar-refractivity contribution is 7.07. The fourth-order valence-electron chi connectivity index (χ4n) is 1.75. The van der Waals surface area contributed by atoms with Crippen molar-refractivity contribution in [3.63, 3.8) is 0 Å². The molecule has 0 aliphatic rings. The molecule has 1 N–H and O–H groups in total. The summed E-state index contributed by atoms with van der Waals surface area (Å²) in [6, 6.07) is 6.70. The van der Waals surface area contributed by atoms with Crippen molar-refractivity contribution in [3.05, 3.63) is 56.3 Å². The number of nitrogens with zero attached hydrogens (tertiary/aromatic N) is 1. The van der Waals surface area contributed by atoms with Crippen LogP contribution in [0.4, 0.5) is 5.69 Å². The molecule has 20 heavy (non-hydrogen) atoms. The minimum atomic E-state index is -0.391. The molecule has 0 aliphatic heterocycles. The molecule has 0 bridgehead atoms. The number of thiophene rings is 1. The normalized spacial score (nSPS) is 10.4. The second kappa shape index (κ2) is 7.02. The Morgan fingerprint density at radius 2 is 2.25 bits per heavy atom. The summed E-state index contributed by atoms with van der Waals surface area (Å²) < 4.78 is 5.76. The van der Waals surface area contributed by atoms with Gasteiger partial charge >= 0.3 is 0 Å². The quantitative estimate of drug-likeness (QED) is 0.628. The lowest BCUT2D eigenvalue weighted by molar-refractivity contribution is -0.384. The van der Waals surface area contributed by atoms with Gasteiger partial charge in [-0.15, -0.1) is 0 Å². The van der Waals surface area contributed by atoms with Crippen LogP contribution >= 0.6 is 11.3 Å². The number of nitrogens with one attached hydrogen (secondary N) is 1. The van der Waals surface area contributed by atoms with Gasteiger partial charge in [0.2, 0.25) is 0 Å². The van der Waals surface area contributed by atoms with Gasteiger partial charge in [-0.2, -0.15) is 11.3 Å². The monoisotopic (exact) mass is 292 g/mol. The van der Waals surface area contributed by atoms with E-state index in [1.165, 1.54) is 6.07 Å². The molecular formula is C14H16N2O3S. The molecule has 0 amide bonds. The Hall–Kier alpha value is -1.92. The number of hydrogen-bond acceptors (Lipinski definition) is 5. The molecular weight excluding hydrogens is 276 g/mol. The van der Waals surface area contributed by atoms with E-state index in [1.807, 2.05) is 23.8 Å². The minimum absolute atomic E-state index is 0.0841. The Bertz CT molecular complexity index is 570. The first-order valence-corrected chi connectivity index (χ1v) is 7.27. The maximum absolute atomic E-state index is 10.8. The summed E-state index contributed by atoms with van der Waals surface area (Å²) in [4.78, 5) is 10.4. The number of rotatable bonds is 7. The van der Waals surface area contributed by atoms with Crippen LogP contribution in [0.3, 0.4) is 0 Å². The first-order valence-electron chi connectivity index (χ1n) is 6.32. The lowest BCUT2D eigenvalue weighted by Crippen LogP contribution is -2.13. The van der Waals surface area contributed by atoms with E-state index in [9.17, 15) is 10.1 Å². The molecule has 106 valence electrons. The summed E-state index contributed by atoms with van der Waals surface area (Å²) in [6.07, 6.45) is 0. The third kappa shape index (κ3) is 3.79. The van der Waals surface area contributed by atoms with Gasteiger partial charge in [0.15, 0.2) is 0 Å².